The Morgan fingerprint density at radius 3 is 2.26 bits per heavy atom. The van der Waals surface area contributed by atoms with Crippen molar-refractivity contribution in [2.45, 2.75) is 9.92 Å². The van der Waals surface area contributed by atoms with E-state index in [0.717, 1.165) is 12.1 Å². The van der Waals surface area contributed by atoms with Gasteiger partial charge in [-0.2, -0.15) is 0 Å². The van der Waals surface area contributed by atoms with Gasteiger partial charge in [-0.15, -0.1) is 0 Å². The molecular weight excluding hydrogens is 292 g/mol. The van der Waals surface area contributed by atoms with Crippen molar-refractivity contribution >= 4 is 27.1 Å². The number of hydrogen-bond acceptors (Lipinski definition) is 5. The maximum atomic E-state index is 12.2. The van der Waals surface area contributed by atoms with Crippen LogP contribution >= 0.6 is 11.6 Å². The van der Waals surface area contributed by atoms with Crippen LogP contribution in [0.25, 0.3) is 0 Å². The minimum atomic E-state index is -3.82. The van der Waals surface area contributed by atoms with Crippen molar-refractivity contribution in [2.24, 2.45) is 0 Å². The van der Waals surface area contributed by atoms with E-state index < -0.39 is 25.6 Å². The Labute approximate surface area is 113 Å². The molecule has 0 radical (unpaired) electrons. The molecule has 6 nitrogen and oxygen atoms in total. The molecule has 0 bridgehead atoms. The maximum absolute atomic E-state index is 12.2. The summed E-state index contributed by atoms with van der Waals surface area (Å²) in [6.07, 6.45) is 0. The highest BCUT2D eigenvalue weighted by molar-refractivity contribution is 7.91. The average molecular weight is 299 g/mol. The molecule has 98 valence electrons. The van der Waals surface area contributed by atoms with Crippen LogP contribution in [0.15, 0.2) is 52.4 Å². The Morgan fingerprint density at radius 1 is 1.11 bits per heavy atom. The predicted molar refractivity (Wildman–Crippen MR) is 67.8 cm³/mol. The molecule has 19 heavy (non-hydrogen) atoms. The number of nitro groups is 1. The molecule has 1 aromatic carbocycles. The van der Waals surface area contributed by atoms with Gasteiger partial charge >= 0.3 is 5.69 Å². The summed E-state index contributed by atoms with van der Waals surface area (Å²) < 4.78 is 24.4. The average Bonchev–Trinajstić information content (AvgIpc) is 2.39. The van der Waals surface area contributed by atoms with Gasteiger partial charge in [0.2, 0.25) is 15.0 Å². The van der Waals surface area contributed by atoms with Crippen molar-refractivity contribution in [3.8, 4) is 0 Å². The van der Waals surface area contributed by atoms with E-state index in [2.05, 4.69) is 4.98 Å². The fourth-order valence-corrected chi connectivity index (χ4v) is 2.91. The number of halogens is 1. The fourth-order valence-electron chi connectivity index (χ4n) is 1.42. The van der Waals surface area contributed by atoms with Crippen LogP contribution in [0.1, 0.15) is 0 Å². The second kappa shape index (κ2) is 4.94. The highest BCUT2D eigenvalue weighted by Gasteiger charge is 2.22. The zero-order valence-electron chi connectivity index (χ0n) is 9.36. The van der Waals surface area contributed by atoms with Crippen LogP contribution in [0.3, 0.4) is 0 Å². The zero-order valence-corrected chi connectivity index (χ0v) is 10.9. The summed E-state index contributed by atoms with van der Waals surface area (Å²) in [7, 11) is -3.82. The molecule has 0 atom stereocenters. The van der Waals surface area contributed by atoms with E-state index in [1.54, 1.807) is 18.2 Å². The van der Waals surface area contributed by atoms with Crippen molar-refractivity contribution in [3.63, 3.8) is 0 Å². The Bertz CT molecular complexity index is 732. The van der Waals surface area contributed by atoms with Crippen LogP contribution in [0, 0.1) is 10.1 Å². The summed E-state index contributed by atoms with van der Waals surface area (Å²) in [5.41, 5.74) is -0.436. The molecule has 0 N–H and O–H groups in total. The highest BCUT2D eigenvalue weighted by atomic mass is 35.5. The first kappa shape index (κ1) is 13.4. The standard InChI is InChI=1S/C11H7ClN2O4S/c12-11-9(14(15)16)6-7-10(13-11)19(17,18)8-4-2-1-3-5-8/h1-7H. The normalized spacial score (nSPS) is 11.2. The van der Waals surface area contributed by atoms with Crippen molar-refractivity contribution in [1.82, 2.24) is 4.98 Å². The predicted octanol–water partition coefficient (Wildman–Crippen LogP) is 2.48. The van der Waals surface area contributed by atoms with Crippen LogP contribution in [-0.4, -0.2) is 18.3 Å². The number of sulfone groups is 1. The lowest BCUT2D eigenvalue weighted by atomic mass is 10.4. The SMILES string of the molecule is O=[N+]([O-])c1ccc(S(=O)(=O)c2ccccc2)nc1Cl. The van der Waals surface area contributed by atoms with Crippen LogP contribution in [0.2, 0.25) is 5.15 Å². The van der Waals surface area contributed by atoms with Crippen LogP contribution < -0.4 is 0 Å². The molecule has 2 rings (SSSR count). The Kier molecular flexibility index (Phi) is 3.50. The molecule has 0 unspecified atom stereocenters. The minimum Gasteiger partial charge on any atom is -0.258 e. The number of pyridine rings is 1. The van der Waals surface area contributed by atoms with E-state index in [0.29, 0.717) is 0 Å². The van der Waals surface area contributed by atoms with Crippen molar-refractivity contribution in [3.05, 3.63) is 57.7 Å². The van der Waals surface area contributed by atoms with Crippen LogP contribution in [0.5, 0.6) is 0 Å². The third-order valence-corrected chi connectivity index (χ3v) is 4.28. The number of nitrogens with zero attached hydrogens (tertiary/aromatic N) is 2. The van der Waals surface area contributed by atoms with Crippen molar-refractivity contribution < 1.29 is 13.3 Å². The van der Waals surface area contributed by atoms with Gasteiger partial charge in [0.1, 0.15) is 0 Å². The molecule has 0 spiro atoms. The van der Waals surface area contributed by atoms with Gasteiger partial charge in [0.05, 0.1) is 9.82 Å². The molecule has 8 heteroatoms. The van der Waals surface area contributed by atoms with E-state index in [4.69, 9.17) is 11.6 Å². The van der Waals surface area contributed by atoms with Crippen molar-refractivity contribution in [2.75, 3.05) is 0 Å². The van der Waals surface area contributed by atoms with Gasteiger partial charge in [0.25, 0.3) is 0 Å². The number of aromatic nitrogens is 1. The zero-order chi connectivity index (χ0) is 14.0. The lowest BCUT2D eigenvalue weighted by molar-refractivity contribution is -0.385. The van der Waals surface area contributed by atoms with Crippen molar-refractivity contribution in [1.29, 1.82) is 0 Å². The molecule has 0 aliphatic rings. The highest BCUT2D eigenvalue weighted by Crippen LogP contribution is 2.26. The molecular formula is C11H7ClN2O4S. The molecule has 0 fully saturated rings. The maximum Gasteiger partial charge on any atom is 0.306 e. The summed E-state index contributed by atoms with van der Waals surface area (Å²) in [6.45, 7) is 0. The monoisotopic (exact) mass is 298 g/mol. The van der Waals surface area contributed by atoms with E-state index in [9.17, 15) is 18.5 Å². The van der Waals surface area contributed by atoms with E-state index in [-0.39, 0.29) is 9.92 Å². The number of hydrogen-bond donors (Lipinski definition) is 0. The first-order valence-electron chi connectivity index (χ1n) is 5.04. The summed E-state index contributed by atoms with van der Waals surface area (Å²) in [4.78, 5) is 13.5. The van der Waals surface area contributed by atoms with E-state index in [1.807, 2.05) is 0 Å². The quantitative estimate of drug-likeness (QED) is 0.493. The van der Waals surface area contributed by atoms with Gasteiger partial charge < -0.3 is 0 Å². The first-order valence-corrected chi connectivity index (χ1v) is 6.90. The molecule has 0 aliphatic heterocycles. The number of rotatable bonds is 3. The lowest BCUT2D eigenvalue weighted by Gasteiger charge is -2.03. The second-order valence-electron chi connectivity index (χ2n) is 3.53. The first-order chi connectivity index (χ1) is 8.93. The van der Waals surface area contributed by atoms with Gasteiger partial charge in [-0.05, 0) is 18.2 Å². The molecule has 2 aromatic rings. The van der Waals surface area contributed by atoms with E-state index >= 15 is 0 Å². The lowest BCUT2D eigenvalue weighted by Crippen LogP contribution is -2.05. The van der Waals surface area contributed by atoms with Gasteiger partial charge in [-0.1, -0.05) is 29.8 Å². The third kappa shape index (κ3) is 2.56. The largest absolute Gasteiger partial charge is 0.306 e. The minimum absolute atomic E-state index is 0.0485. The van der Waals surface area contributed by atoms with E-state index in [1.165, 1.54) is 12.1 Å². The molecule has 0 aliphatic carbocycles. The third-order valence-electron chi connectivity index (χ3n) is 2.33. The molecule has 1 aromatic heterocycles. The number of benzene rings is 1. The molecule has 0 saturated carbocycles. The van der Waals surface area contributed by atoms with Crippen LogP contribution in [0.4, 0.5) is 5.69 Å². The van der Waals surface area contributed by atoms with Crippen LogP contribution in [-0.2, 0) is 9.84 Å². The fraction of sp³-hybridized carbons (Fsp3) is 0. The van der Waals surface area contributed by atoms with Gasteiger partial charge in [0.15, 0.2) is 5.03 Å². The summed E-state index contributed by atoms with van der Waals surface area (Å²) in [5.74, 6) is 0. The Hall–Kier alpha value is -1.99. The molecule has 1 heterocycles. The molecule has 0 saturated heterocycles. The summed E-state index contributed by atoms with van der Waals surface area (Å²) in [6, 6.07) is 9.71. The topological polar surface area (TPSA) is 90.2 Å². The smallest absolute Gasteiger partial charge is 0.258 e. The summed E-state index contributed by atoms with van der Waals surface area (Å²) in [5, 5.41) is 9.80. The summed E-state index contributed by atoms with van der Waals surface area (Å²) >= 11 is 5.60. The van der Waals surface area contributed by atoms with Gasteiger partial charge in [-0.25, -0.2) is 13.4 Å². The molecule has 0 amide bonds. The Balaban J connectivity index is 2.54. The second-order valence-corrected chi connectivity index (χ2v) is 5.79. The van der Waals surface area contributed by atoms with Gasteiger partial charge in [0, 0.05) is 6.07 Å². The van der Waals surface area contributed by atoms with Gasteiger partial charge in [-0.3, -0.25) is 10.1 Å². The Morgan fingerprint density at radius 2 is 1.74 bits per heavy atom.